The Labute approximate surface area is 102 Å². The third-order valence-corrected chi connectivity index (χ3v) is 2.26. The van der Waals surface area contributed by atoms with Crippen LogP contribution in [-0.4, -0.2) is 30.3 Å². The van der Waals surface area contributed by atoms with E-state index < -0.39 is 0 Å². The van der Waals surface area contributed by atoms with E-state index in [4.69, 9.17) is 4.74 Å². The number of carbonyl (C=O) groups excluding carboxylic acids is 1. The molecule has 0 fully saturated rings. The van der Waals surface area contributed by atoms with Crippen molar-refractivity contribution in [2.75, 3.05) is 13.7 Å². The number of phenolic OH excluding ortho intramolecular Hbond substituents is 1. The Hall–Kier alpha value is -1.55. The predicted molar refractivity (Wildman–Crippen MR) is 65.9 cm³/mol. The molecule has 0 radical (unpaired) electrons. The molecule has 1 amide bonds. The average Bonchev–Trinajstić information content (AvgIpc) is 2.15. The van der Waals surface area contributed by atoms with E-state index >= 15 is 0 Å². The second kappa shape index (κ2) is 5.68. The minimum atomic E-state index is -0.386. The van der Waals surface area contributed by atoms with Crippen LogP contribution in [-0.2, 0) is 16.0 Å². The van der Waals surface area contributed by atoms with Gasteiger partial charge >= 0.3 is 0 Å². The zero-order valence-corrected chi connectivity index (χ0v) is 10.5. The van der Waals surface area contributed by atoms with Gasteiger partial charge in [0.1, 0.15) is 5.75 Å². The zero-order chi connectivity index (χ0) is 12.9. The van der Waals surface area contributed by atoms with Gasteiger partial charge in [-0.15, -0.1) is 0 Å². The van der Waals surface area contributed by atoms with E-state index in [0.29, 0.717) is 6.61 Å². The lowest BCUT2D eigenvalue weighted by molar-refractivity contribution is -0.122. The van der Waals surface area contributed by atoms with Crippen molar-refractivity contribution in [1.29, 1.82) is 0 Å². The van der Waals surface area contributed by atoms with Crippen molar-refractivity contribution in [2.45, 2.75) is 25.8 Å². The first-order chi connectivity index (χ1) is 7.93. The lowest BCUT2D eigenvalue weighted by Gasteiger charge is -2.25. The number of carbonyl (C=O) groups is 1. The second-order valence-corrected chi connectivity index (χ2v) is 4.71. The summed E-state index contributed by atoms with van der Waals surface area (Å²) < 4.78 is 5.02. The number of hydrogen-bond donors (Lipinski definition) is 2. The van der Waals surface area contributed by atoms with Gasteiger partial charge in [0, 0.05) is 7.11 Å². The molecule has 1 aromatic carbocycles. The highest BCUT2D eigenvalue weighted by atomic mass is 16.5. The minimum absolute atomic E-state index is 0.0855. The van der Waals surface area contributed by atoms with Crippen LogP contribution in [0.15, 0.2) is 24.3 Å². The van der Waals surface area contributed by atoms with Crippen molar-refractivity contribution < 1.29 is 14.6 Å². The molecule has 0 saturated heterocycles. The summed E-state index contributed by atoms with van der Waals surface area (Å²) in [5, 5.41) is 12.2. The molecular formula is C13H19NO3. The smallest absolute Gasteiger partial charge is 0.224 e. The van der Waals surface area contributed by atoms with Crippen molar-refractivity contribution >= 4 is 5.91 Å². The Bertz CT molecular complexity index is 388. The van der Waals surface area contributed by atoms with Crippen LogP contribution in [0.2, 0.25) is 0 Å². The van der Waals surface area contributed by atoms with Gasteiger partial charge in [-0.1, -0.05) is 12.1 Å². The Morgan fingerprint density at radius 3 is 2.76 bits per heavy atom. The lowest BCUT2D eigenvalue weighted by Crippen LogP contribution is -2.47. The molecule has 1 aromatic rings. The fourth-order valence-corrected chi connectivity index (χ4v) is 1.67. The summed E-state index contributed by atoms with van der Waals surface area (Å²) in [7, 11) is 1.60. The van der Waals surface area contributed by atoms with Crippen LogP contribution in [0.5, 0.6) is 5.75 Å². The van der Waals surface area contributed by atoms with Gasteiger partial charge in [-0.25, -0.2) is 0 Å². The van der Waals surface area contributed by atoms with E-state index in [1.54, 1.807) is 25.3 Å². The summed E-state index contributed by atoms with van der Waals surface area (Å²) in [6.45, 7) is 4.26. The third-order valence-electron chi connectivity index (χ3n) is 2.26. The average molecular weight is 237 g/mol. The lowest BCUT2D eigenvalue weighted by atomic mass is 10.1. The molecule has 0 saturated carbocycles. The highest BCUT2D eigenvalue weighted by Crippen LogP contribution is 2.12. The van der Waals surface area contributed by atoms with Crippen molar-refractivity contribution in [3.8, 4) is 5.75 Å². The fourth-order valence-electron chi connectivity index (χ4n) is 1.67. The second-order valence-electron chi connectivity index (χ2n) is 4.71. The molecule has 0 spiro atoms. The Morgan fingerprint density at radius 2 is 2.18 bits per heavy atom. The Morgan fingerprint density at radius 1 is 1.47 bits per heavy atom. The topological polar surface area (TPSA) is 58.6 Å². The maximum atomic E-state index is 11.8. The van der Waals surface area contributed by atoms with Crippen LogP contribution in [0.25, 0.3) is 0 Å². The van der Waals surface area contributed by atoms with E-state index in [2.05, 4.69) is 5.32 Å². The van der Waals surface area contributed by atoms with Crippen molar-refractivity contribution in [2.24, 2.45) is 0 Å². The minimum Gasteiger partial charge on any atom is -0.508 e. The normalized spacial score (nSPS) is 11.2. The third kappa shape index (κ3) is 4.87. The molecule has 2 N–H and O–H groups in total. The van der Waals surface area contributed by atoms with Crippen molar-refractivity contribution in [3.63, 3.8) is 0 Å². The number of benzene rings is 1. The van der Waals surface area contributed by atoms with Gasteiger partial charge < -0.3 is 15.2 Å². The Balaban J connectivity index is 2.55. The summed E-state index contributed by atoms with van der Waals surface area (Å²) in [4.78, 5) is 11.8. The van der Waals surface area contributed by atoms with Gasteiger partial charge in [-0.3, -0.25) is 4.79 Å². The fraction of sp³-hybridized carbons (Fsp3) is 0.462. The standard InChI is InChI=1S/C13H19NO3/c1-13(2,9-17-3)14-12(16)8-10-5-4-6-11(15)7-10/h4-7,15H,8-9H2,1-3H3,(H,14,16). The highest BCUT2D eigenvalue weighted by Gasteiger charge is 2.20. The van der Waals surface area contributed by atoms with E-state index in [9.17, 15) is 9.90 Å². The molecular weight excluding hydrogens is 218 g/mol. The number of amides is 1. The van der Waals surface area contributed by atoms with Crippen LogP contribution in [0.1, 0.15) is 19.4 Å². The maximum absolute atomic E-state index is 11.8. The zero-order valence-electron chi connectivity index (χ0n) is 10.5. The van der Waals surface area contributed by atoms with Crippen LogP contribution in [0, 0.1) is 0 Å². The number of rotatable bonds is 5. The first-order valence-electron chi connectivity index (χ1n) is 5.51. The summed E-state index contributed by atoms with van der Waals surface area (Å²) in [6, 6.07) is 6.69. The van der Waals surface area contributed by atoms with Crippen LogP contribution in [0.4, 0.5) is 0 Å². The number of methoxy groups -OCH3 is 1. The first kappa shape index (κ1) is 13.5. The largest absolute Gasteiger partial charge is 0.508 e. The number of nitrogens with one attached hydrogen (secondary N) is 1. The molecule has 0 atom stereocenters. The van der Waals surface area contributed by atoms with Crippen molar-refractivity contribution in [1.82, 2.24) is 5.32 Å². The molecule has 0 unspecified atom stereocenters. The molecule has 1 rings (SSSR count). The SMILES string of the molecule is COCC(C)(C)NC(=O)Cc1cccc(O)c1. The monoisotopic (exact) mass is 237 g/mol. The summed E-state index contributed by atoms with van der Waals surface area (Å²) in [6.07, 6.45) is 0.252. The van der Waals surface area contributed by atoms with Gasteiger partial charge in [-0.2, -0.15) is 0 Å². The number of aromatic hydroxyl groups is 1. The van der Waals surface area contributed by atoms with Crippen LogP contribution >= 0.6 is 0 Å². The molecule has 0 aromatic heterocycles. The van der Waals surface area contributed by atoms with E-state index in [-0.39, 0.29) is 23.6 Å². The van der Waals surface area contributed by atoms with Crippen LogP contribution < -0.4 is 5.32 Å². The van der Waals surface area contributed by atoms with E-state index in [0.717, 1.165) is 5.56 Å². The highest BCUT2D eigenvalue weighted by molar-refractivity contribution is 5.79. The molecule has 0 aliphatic heterocycles. The summed E-state index contributed by atoms with van der Waals surface area (Å²) >= 11 is 0. The first-order valence-corrected chi connectivity index (χ1v) is 5.51. The van der Waals surface area contributed by atoms with Gasteiger partial charge in [-0.05, 0) is 31.5 Å². The molecule has 17 heavy (non-hydrogen) atoms. The molecule has 0 aliphatic rings. The van der Waals surface area contributed by atoms with Gasteiger partial charge in [0.25, 0.3) is 0 Å². The number of hydrogen-bond acceptors (Lipinski definition) is 3. The van der Waals surface area contributed by atoms with E-state index in [1.807, 2.05) is 19.9 Å². The molecule has 4 heteroatoms. The molecule has 0 heterocycles. The number of ether oxygens (including phenoxy) is 1. The number of phenols is 1. The van der Waals surface area contributed by atoms with E-state index in [1.165, 1.54) is 0 Å². The summed E-state index contributed by atoms with van der Waals surface area (Å²) in [5.74, 6) is 0.0871. The quantitative estimate of drug-likeness (QED) is 0.815. The summed E-state index contributed by atoms with van der Waals surface area (Å²) in [5.41, 5.74) is 0.401. The Kier molecular flexibility index (Phi) is 4.52. The maximum Gasteiger partial charge on any atom is 0.224 e. The van der Waals surface area contributed by atoms with Gasteiger partial charge in [0.15, 0.2) is 0 Å². The molecule has 4 nitrogen and oxygen atoms in total. The molecule has 94 valence electrons. The molecule has 0 bridgehead atoms. The van der Waals surface area contributed by atoms with Gasteiger partial charge in [0.05, 0.1) is 18.6 Å². The molecule has 0 aliphatic carbocycles. The van der Waals surface area contributed by atoms with Crippen LogP contribution in [0.3, 0.4) is 0 Å². The predicted octanol–water partition coefficient (Wildman–Crippen LogP) is 1.48. The van der Waals surface area contributed by atoms with Crippen molar-refractivity contribution in [3.05, 3.63) is 29.8 Å². The van der Waals surface area contributed by atoms with Gasteiger partial charge in [0.2, 0.25) is 5.91 Å².